The monoisotopic (exact) mass is 312 g/mol. The third-order valence-electron chi connectivity index (χ3n) is 2.86. The van der Waals surface area contributed by atoms with E-state index in [1.54, 1.807) is 0 Å². The number of benzene rings is 1. The number of aryl methyl sites for hydroxylation is 2. The van der Waals surface area contributed by atoms with Gasteiger partial charge in [-0.25, -0.2) is 4.98 Å². The number of thioether (sulfide) groups is 1. The highest BCUT2D eigenvalue weighted by Crippen LogP contribution is 2.34. The standard InChI is InChI=1S/C15H15F3N2S/c1-9-3-10(2)5-11(4-9)8-21-13-6-14(15(16,17)18)20-7-12(13)19/h3-7H,8,19H2,1-2H3. The minimum atomic E-state index is -4.46. The Morgan fingerprint density at radius 2 is 1.71 bits per heavy atom. The Balaban J connectivity index is 2.19. The summed E-state index contributed by atoms with van der Waals surface area (Å²) in [6, 6.07) is 7.09. The zero-order chi connectivity index (χ0) is 15.6. The number of halogens is 3. The molecule has 0 unspecified atom stereocenters. The molecule has 0 bridgehead atoms. The van der Waals surface area contributed by atoms with Crippen molar-refractivity contribution in [2.24, 2.45) is 0 Å². The van der Waals surface area contributed by atoms with Crippen LogP contribution in [0, 0.1) is 13.8 Å². The SMILES string of the molecule is Cc1cc(C)cc(CSc2cc(C(F)(F)F)ncc2N)c1. The first-order chi connectivity index (χ1) is 9.75. The normalized spacial score (nSPS) is 11.7. The van der Waals surface area contributed by atoms with Crippen LogP contribution in [0.15, 0.2) is 35.4 Å². The second-order valence-electron chi connectivity index (χ2n) is 4.89. The molecule has 0 spiro atoms. The average molecular weight is 312 g/mol. The minimum absolute atomic E-state index is 0.261. The van der Waals surface area contributed by atoms with Crippen LogP contribution in [0.5, 0.6) is 0 Å². The topological polar surface area (TPSA) is 38.9 Å². The van der Waals surface area contributed by atoms with E-state index in [2.05, 4.69) is 11.1 Å². The van der Waals surface area contributed by atoms with Crippen LogP contribution in [0.3, 0.4) is 0 Å². The maximum absolute atomic E-state index is 12.7. The average Bonchev–Trinajstić information content (AvgIpc) is 2.35. The maximum Gasteiger partial charge on any atom is 0.433 e. The summed E-state index contributed by atoms with van der Waals surface area (Å²) in [5.74, 6) is 0.564. The van der Waals surface area contributed by atoms with Crippen LogP contribution < -0.4 is 5.73 Å². The van der Waals surface area contributed by atoms with E-state index >= 15 is 0 Å². The highest BCUT2D eigenvalue weighted by atomic mass is 32.2. The second kappa shape index (κ2) is 5.97. The molecule has 0 atom stereocenters. The molecule has 1 heterocycles. The number of anilines is 1. The highest BCUT2D eigenvalue weighted by Gasteiger charge is 2.32. The molecule has 21 heavy (non-hydrogen) atoms. The van der Waals surface area contributed by atoms with Crippen LogP contribution in [-0.4, -0.2) is 4.98 Å². The van der Waals surface area contributed by atoms with Crippen molar-refractivity contribution < 1.29 is 13.2 Å². The summed E-state index contributed by atoms with van der Waals surface area (Å²) in [6.07, 6.45) is -3.39. The molecule has 0 radical (unpaired) electrons. The number of nitrogens with two attached hydrogens (primary N) is 1. The lowest BCUT2D eigenvalue weighted by atomic mass is 10.1. The summed E-state index contributed by atoms with van der Waals surface area (Å²) in [4.78, 5) is 3.73. The van der Waals surface area contributed by atoms with Gasteiger partial charge in [0.25, 0.3) is 0 Å². The van der Waals surface area contributed by atoms with E-state index in [0.717, 1.165) is 29.0 Å². The molecule has 2 aromatic rings. The summed E-state index contributed by atoms with van der Waals surface area (Å²) >= 11 is 1.28. The number of hydrogen-bond donors (Lipinski definition) is 1. The van der Waals surface area contributed by atoms with Gasteiger partial charge in [-0.05, 0) is 25.5 Å². The number of nitrogens with zero attached hydrogens (tertiary/aromatic N) is 1. The number of pyridine rings is 1. The van der Waals surface area contributed by atoms with Crippen LogP contribution in [-0.2, 0) is 11.9 Å². The number of alkyl halides is 3. The molecule has 2 rings (SSSR count). The molecule has 0 aliphatic heterocycles. The van der Waals surface area contributed by atoms with E-state index in [9.17, 15) is 13.2 Å². The first-order valence-electron chi connectivity index (χ1n) is 6.28. The summed E-state index contributed by atoms with van der Waals surface area (Å²) in [7, 11) is 0. The largest absolute Gasteiger partial charge is 0.433 e. The van der Waals surface area contributed by atoms with Gasteiger partial charge in [-0.3, -0.25) is 0 Å². The highest BCUT2D eigenvalue weighted by molar-refractivity contribution is 7.98. The molecule has 2 nitrogen and oxygen atoms in total. The van der Waals surface area contributed by atoms with Crippen LogP contribution >= 0.6 is 11.8 Å². The third-order valence-corrected chi connectivity index (χ3v) is 4.00. The molecule has 0 aliphatic carbocycles. The van der Waals surface area contributed by atoms with Crippen LogP contribution in [0.4, 0.5) is 18.9 Å². The van der Waals surface area contributed by atoms with Crippen molar-refractivity contribution in [3.63, 3.8) is 0 Å². The molecular formula is C15H15F3N2S. The lowest BCUT2D eigenvalue weighted by Gasteiger charge is -2.10. The molecule has 0 saturated carbocycles. The lowest BCUT2D eigenvalue weighted by Crippen LogP contribution is -2.08. The number of nitrogen functional groups attached to an aromatic ring is 1. The molecule has 112 valence electrons. The molecule has 1 aromatic heterocycles. The molecule has 0 saturated heterocycles. The molecule has 0 amide bonds. The van der Waals surface area contributed by atoms with Gasteiger partial charge in [-0.15, -0.1) is 11.8 Å². The van der Waals surface area contributed by atoms with Crippen molar-refractivity contribution in [2.75, 3.05) is 5.73 Å². The van der Waals surface area contributed by atoms with Crippen molar-refractivity contribution in [3.05, 3.63) is 52.8 Å². The molecule has 1 aromatic carbocycles. The zero-order valence-electron chi connectivity index (χ0n) is 11.7. The minimum Gasteiger partial charge on any atom is -0.397 e. The molecule has 2 N–H and O–H groups in total. The fourth-order valence-corrected chi connectivity index (χ4v) is 2.94. The van der Waals surface area contributed by atoms with E-state index in [0.29, 0.717) is 10.6 Å². The first kappa shape index (κ1) is 15.7. The Bertz CT molecular complexity index is 634. The predicted octanol–water partition coefficient (Wildman–Crippen LogP) is 4.59. The summed E-state index contributed by atoms with van der Waals surface area (Å²) in [5.41, 5.74) is 8.37. The van der Waals surface area contributed by atoms with Crippen LogP contribution in [0.25, 0.3) is 0 Å². The van der Waals surface area contributed by atoms with E-state index in [-0.39, 0.29) is 5.69 Å². The summed E-state index contributed by atoms with van der Waals surface area (Å²) < 4.78 is 38.0. The third kappa shape index (κ3) is 4.14. The van der Waals surface area contributed by atoms with Crippen molar-refractivity contribution in [1.82, 2.24) is 4.98 Å². The van der Waals surface area contributed by atoms with Crippen molar-refractivity contribution in [3.8, 4) is 0 Å². The van der Waals surface area contributed by atoms with Crippen molar-refractivity contribution in [1.29, 1.82) is 0 Å². The first-order valence-corrected chi connectivity index (χ1v) is 7.27. The number of aromatic nitrogens is 1. The lowest BCUT2D eigenvalue weighted by molar-refractivity contribution is -0.141. The Morgan fingerprint density at radius 3 is 2.29 bits per heavy atom. The summed E-state index contributed by atoms with van der Waals surface area (Å²) in [5, 5.41) is 0. The second-order valence-corrected chi connectivity index (χ2v) is 5.91. The number of rotatable bonds is 3. The van der Waals surface area contributed by atoms with E-state index in [1.165, 1.54) is 11.8 Å². The zero-order valence-corrected chi connectivity index (χ0v) is 12.5. The van der Waals surface area contributed by atoms with Gasteiger partial charge in [0.1, 0.15) is 5.69 Å². The Morgan fingerprint density at radius 1 is 1.10 bits per heavy atom. The fraction of sp³-hybridized carbons (Fsp3) is 0.267. The van der Waals surface area contributed by atoms with Gasteiger partial charge in [0.2, 0.25) is 0 Å². The van der Waals surface area contributed by atoms with Crippen LogP contribution in [0.2, 0.25) is 0 Å². The molecule has 0 aliphatic rings. The summed E-state index contributed by atoms with van der Waals surface area (Å²) in [6.45, 7) is 3.98. The van der Waals surface area contributed by atoms with Gasteiger partial charge in [-0.1, -0.05) is 29.3 Å². The van der Waals surface area contributed by atoms with Crippen molar-refractivity contribution >= 4 is 17.4 Å². The van der Waals surface area contributed by atoms with E-state index in [4.69, 9.17) is 5.73 Å². The van der Waals surface area contributed by atoms with Gasteiger partial charge in [-0.2, -0.15) is 13.2 Å². The Kier molecular flexibility index (Phi) is 4.46. The Hall–Kier alpha value is -1.69. The molecule has 6 heteroatoms. The quantitative estimate of drug-likeness (QED) is 0.842. The molecule has 0 fully saturated rings. The van der Waals surface area contributed by atoms with E-state index < -0.39 is 11.9 Å². The smallest absolute Gasteiger partial charge is 0.397 e. The predicted molar refractivity (Wildman–Crippen MR) is 79.1 cm³/mol. The fourth-order valence-electron chi connectivity index (χ4n) is 2.04. The molecular weight excluding hydrogens is 297 g/mol. The van der Waals surface area contributed by atoms with Gasteiger partial charge < -0.3 is 5.73 Å². The van der Waals surface area contributed by atoms with Gasteiger partial charge in [0.05, 0.1) is 11.9 Å². The van der Waals surface area contributed by atoms with Crippen molar-refractivity contribution in [2.45, 2.75) is 30.7 Å². The maximum atomic E-state index is 12.7. The van der Waals surface area contributed by atoms with Gasteiger partial charge in [0, 0.05) is 10.6 Å². The Labute approximate surface area is 125 Å². The van der Waals surface area contributed by atoms with Gasteiger partial charge >= 0.3 is 6.18 Å². The van der Waals surface area contributed by atoms with Gasteiger partial charge in [0.15, 0.2) is 0 Å². The van der Waals surface area contributed by atoms with Crippen LogP contribution in [0.1, 0.15) is 22.4 Å². The van der Waals surface area contributed by atoms with E-state index in [1.807, 2.05) is 26.0 Å². The number of hydrogen-bond acceptors (Lipinski definition) is 3.